The Morgan fingerprint density at radius 2 is 1.84 bits per heavy atom. The molecule has 0 aromatic heterocycles. The number of urea groups is 1. The highest BCUT2D eigenvalue weighted by atomic mass is 32.2. The minimum atomic E-state index is -3.55. The van der Waals surface area contributed by atoms with Gasteiger partial charge in [-0.3, -0.25) is 4.90 Å². The Bertz CT molecular complexity index is 866. The number of carbonyl (C=O) groups excluding carboxylic acids is 1. The van der Waals surface area contributed by atoms with Crippen molar-refractivity contribution in [1.29, 1.82) is 0 Å². The van der Waals surface area contributed by atoms with Gasteiger partial charge >= 0.3 is 6.03 Å². The van der Waals surface area contributed by atoms with Gasteiger partial charge in [0, 0.05) is 52.4 Å². The van der Waals surface area contributed by atoms with E-state index in [1.54, 1.807) is 17.0 Å². The molecule has 9 heteroatoms. The van der Waals surface area contributed by atoms with Gasteiger partial charge in [0.05, 0.1) is 17.6 Å². The fraction of sp³-hybridized carbons (Fsp3) is 0.682. The van der Waals surface area contributed by atoms with Crippen LogP contribution < -0.4 is 5.32 Å². The van der Waals surface area contributed by atoms with E-state index in [0.717, 1.165) is 30.8 Å². The molecular formula is C22H36N4O4S. The van der Waals surface area contributed by atoms with Gasteiger partial charge in [-0.05, 0) is 43.0 Å². The van der Waals surface area contributed by atoms with Crippen LogP contribution in [0.4, 0.5) is 4.79 Å². The molecular weight excluding hydrogens is 416 g/mol. The topological polar surface area (TPSA) is 82.2 Å². The van der Waals surface area contributed by atoms with E-state index < -0.39 is 10.0 Å². The summed E-state index contributed by atoms with van der Waals surface area (Å²) in [5.41, 5.74) is 2.02. The van der Waals surface area contributed by atoms with Crippen molar-refractivity contribution in [2.75, 3.05) is 59.0 Å². The van der Waals surface area contributed by atoms with Crippen molar-refractivity contribution < 1.29 is 17.9 Å². The van der Waals surface area contributed by atoms with E-state index in [1.165, 1.54) is 4.31 Å². The molecule has 1 aromatic rings. The summed E-state index contributed by atoms with van der Waals surface area (Å²) < 4.78 is 33.2. The van der Waals surface area contributed by atoms with Gasteiger partial charge in [0.2, 0.25) is 10.0 Å². The van der Waals surface area contributed by atoms with Gasteiger partial charge < -0.3 is 15.0 Å². The number of nitrogens with zero attached hydrogens (tertiary/aromatic N) is 3. The van der Waals surface area contributed by atoms with Crippen LogP contribution in [-0.4, -0.2) is 93.6 Å². The van der Waals surface area contributed by atoms with Crippen molar-refractivity contribution >= 4 is 16.1 Å². The van der Waals surface area contributed by atoms with Crippen molar-refractivity contribution in [1.82, 2.24) is 19.4 Å². The molecule has 2 fully saturated rings. The van der Waals surface area contributed by atoms with Crippen LogP contribution >= 0.6 is 0 Å². The van der Waals surface area contributed by atoms with E-state index >= 15 is 0 Å². The Kier molecular flexibility index (Phi) is 7.96. The third-order valence-electron chi connectivity index (χ3n) is 5.97. The summed E-state index contributed by atoms with van der Waals surface area (Å²) >= 11 is 0. The quantitative estimate of drug-likeness (QED) is 0.710. The van der Waals surface area contributed by atoms with Crippen LogP contribution in [0.15, 0.2) is 23.1 Å². The molecule has 2 aliphatic rings. The number of piperazine rings is 1. The summed E-state index contributed by atoms with van der Waals surface area (Å²) in [6.07, 6.45) is -0.0112. The Morgan fingerprint density at radius 1 is 1.13 bits per heavy atom. The molecule has 31 heavy (non-hydrogen) atoms. The summed E-state index contributed by atoms with van der Waals surface area (Å²) in [6.45, 7) is 13.6. The number of hydrogen-bond donors (Lipinski definition) is 1. The number of amides is 2. The molecule has 174 valence electrons. The van der Waals surface area contributed by atoms with E-state index in [4.69, 9.17) is 4.74 Å². The third-order valence-corrected chi connectivity index (χ3v) is 7.86. The van der Waals surface area contributed by atoms with Crippen molar-refractivity contribution in [3.63, 3.8) is 0 Å². The molecule has 0 radical (unpaired) electrons. The van der Waals surface area contributed by atoms with Crippen LogP contribution in [0.1, 0.15) is 25.0 Å². The summed E-state index contributed by atoms with van der Waals surface area (Å²) in [4.78, 5) is 17.0. The zero-order valence-electron chi connectivity index (χ0n) is 19.1. The number of aryl methyl sites for hydroxylation is 2. The average molecular weight is 453 g/mol. The first-order chi connectivity index (χ1) is 14.7. The van der Waals surface area contributed by atoms with Crippen molar-refractivity contribution in [3.05, 3.63) is 29.3 Å². The maximum absolute atomic E-state index is 13.0. The third kappa shape index (κ3) is 6.19. The molecule has 0 aliphatic carbocycles. The second kappa shape index (κ2) is 10.3. The van der Waals surface area contributed by atoms with E-state index in [-0.39, 0.29) is 12.1 Å². The molecule has 0 saturated carbocycles. The predicted octanol–water partition coefficient (Wildman–Crippen LogP) is 1.68. The Hall–Kier alpha value is -1.68. The molecule has 1 N–H and O–H groups in total. The Labute approximate surface area is 186 Å². The number of nitrogens with one attached hydrogen (secondary N) is 1. The normalized spacial score (nSPS) is 21.5. The zero-order chi connectivity index (χ0) is 22.6. The van der Waals surface area contributed by atoms with Crippen molar-refractivity contribution in [2.24, 2.45) is 5.92 Å². The lowest BCUT2D eigenvalue weighted by atomic mass is 10.1. The maximum atomic E-state index is 13.0. The number of ether oxygens (including phenoxy) is 1. The van der Waals surface area contributed by atoms with Crippen molar-refractivity contribution in [2.45, 2.75) is 38.7 Å². The zero-order valence-corrected chi connectivity index (χ0v) is 20.0. The van der Waals surface area contributed by atoms with E-state index in [1.807, 2.05) is 19.9 Å². The fourth-order valence-electron chi connectivity index (χ4n) is 4.05. The van der Waals surface area contributed by atoms with E-state index in [9.17, 15) is 13.2 Å². The highest BCUT2D eigenvalue weighted by Gasteiger charge is 2.30. The van der Waals surface area contributed by atoms with Crippen LogP contribution in [0, 0.1) is 19.8 Å². The Balaban J connectivity index is 1.48. The van der Waals surface area contributed by atoms with Gasteiger partial charge in [-0.1, -0.05) is 19.9 Å². The largest absolute Gasteiger partial charge is 0.374 e. The van der Waals surface area contributed by atoms with Crippen LogP contribution in [0.5, 0.6) is 0 Å². The van der Waals surface area contributed by atoms with Crippen LogP contribution in [-0.2, 0) is 14.8 Å². The summed E-state index contributed by atoms with van der Waals surface area (Å²) in [6, 6.07) is 5.05. The fourth-order valence-corrected chi connectivity index (χ4v) is 5.56. The number of carbonyl (C=O) groups is 1. The van der Waals surface area contributed by atoms with Gasteiger partial charge in [0.1, 0.15) is 0 Å². The Morgan fingerprint density at radius 3 is 2.48 bits per heavy atom. The highest BCUT2D eigenvalue weighted by Crippen LogP contribution is 2.20. The van der Waals surface area contributed by atoms with Gasteiger partial charge in [-0.25, -0.2) is 13.2 Å². The molecule has 2 amide bonds. The first-order valence-electron chi connectivity index (χ1n) is 11.1. The molecule has 2 saturated heterocycles. The molecule has 2 heterocycles. The number of hydrogen-bond acceptors (Lipinski definition) is 5. The smallest absolute Gasteiger partial charge is 0.317 e. The second-order valence-corrected chi connectivity index (χ2v) is 10.9. The standard InChI is InChI=1S/C22H36N4O4S/c1-17(2)15-24-11-12-30-20(16-24)14-23-22(27)25-7-9-26(10-8-25)31(28,29)21-6-5-18(3)19(4)13-21/h5-6,13,17,20H,7-12,14-16H2,1-4H3,(H,23,27). The molecule has 1 atom stereocenters. The number of rotatable bonds is 6. The lowest BCUT2D eigenvalue weighted by molar-refractivity contribution is -0.0294. The average Bonchev–Trinajstić information content (AvgIpc) is 2.74. The van der Waals surface area contributed by atoms with Gasteiger partial charge in [0.15, 0.2) is 0 Å². The minimum absolute atomic E-state index is 0.0112. The van der Waals surface area contributed by atoms with Crippen LogP contribution in [0.25, 0.3) is 0 Å². The van der Waals surface area contributed by atoms with Gasteiger partial charge in [-0.15, -0.1) is 0 Å². The van der Waals surface area contributed by atoms with E-state index in [2.05, 4.69) is 24.1 Å². The maximum Gasteiger partial charge on any atom is 0.317 e. The van der Waals surface area contributed by atoms with E-state index in [0.29, 0.717) is 50.1 Å². The summed E-state index contributed by atoms with van der Waals surface area (Å²) in [7, 11) is -3.55. The first-order valence-corrected chi connectivity index (χ1v) is 12.5. The lowest BCUT2D eigenvalue weighted by Gasteiger charge is -2.36. The summed E-state index contributed by atoms with van der Waals surface area (Å²) in [5.74, 6) is 0.602. The number of sulfonamides is 1. The van der Waals surface area contributed by atoms with Gasteiger partial charge in [0.25, 0.3) is 0 Å². The first kappa shape index (κ1) is 24.0. The second-order valence-electron chi connectivity index (χ2n) is 8.97. The minimum Gasteiger partial charge on any atom is -0.374 e. The molecule has 1 aromatic carbocycles. The lowest BCUT2D eigenvalue weighted by Crippen LogP contribution is -2.55. The number of benzene rings is 1. The highest BCUT2D eigenvalue weighted by molar-refractivity contribution is 7.89. The molecule has 0 spiro atoms. The molecule has 0 bridgehead atoms. The van der Waals surface area contributed by atoms with Crippen LogP contribution in [0.3, 0.4) is 0 Å². The van der Waals surface area contributed by atoms with Crippen LogP contribution in [0.2, 0.25) is 0 Å². The summed E-state index contributed by atoms with van der Waals surface area (Å²) in [5, 5.41) is 2.96. The molecule has 1 unspecified atom stereocenters. The molecule has 2 aliphatic heterocycles. The molecule has 3 rings (SSSR count). The SMILES string of the molecule is Cc1ccc(S(=O)(=O)N2CCN(C(=O)NCC3CN(CC(C)C)CCO3)CC2)cc1C. The monoisotopic (exact) mass is 452 g/mol. The van der Waals surface area contributed by atoms with Crippen molar-refractivity contribution in [3.8, 4) is 0 Å². The molecule has 8 nitrogen and oxygen atoms in total. The predicted molar refractivity (Wildman–Crippen MR) is 121 cm³/mol. The van der Waals surface area contributed by atoms with Gasteiger partial charge in [-0.2, -0.15) is 4.31 Å². The number of morpholine rings is 1.